The van der Waals surface area contributed by atoms with Gasteiger partial charge in [-0.1, -0.05) is 0 Å². The second-order valence-corrected chi connectivity index (χ2v) is 5.83. The van der Waals surface area contributed by atoms with Crippen LogP contribution < -0.4 is 9.46 Å². The molecule has 1 aromatic rings. The van der Waals surface area contributed by atoms with Gasteiger partial charge in [0.2, 0.25) is 0 Å². The summed E-state index contributed by atoms with van der Waals surface area (Å²) in [6.07, 6.45) is 0. The zero-order valence-electron chi connectivity index (χ0n) is 10.8. The molecule has 0 saturated carbocycles. The number of hydrogen-bond acceptors (Lipinski definition) is 4. The van der Waals surface area contributed by atoms with Crippen molar-refractivity contribution in [3.63, 3.8) is 0 Å². The summed E-state index contributed by atoms with van der Waals surface area (Å²) in [6.45, 7) is 3.51. The normalized spacial score (nSPS) is 11.9. The number of anilines is 1. The lowest BCUT2D eigenvalue weighted by Gasteiger charge is -2.22. The van der Waals surface area contributed by atoms with Crippen LogP contribution in [0.25, 0.3) is 0 Å². The molecule has 0 aliphatic rings. The summed E-state index contributed by atoms with van der Waals surface area (Å²) < 4.78 is 32.4. The fourth-order valence-electron chi connectivity index (χ4n) is 1.21. The zero-order valence-corrected chi connectivity index (χ0v) is 11.7. The Labute approximate surface area is 107 Å². The first-order valence-corrected chi connectivity index (χ1v) is 6.84. The molecule has 0 bridgehead atoms. The maximum atomic E-state index is 12.0. The molecule has 1 rings (SSSR count). The smallest absolute Gasteiger partial charge is 0.301 e. The van der Waals surface area contributed by atoms with Gasteiger partial charge in [0.15, 0.2) is 0 Å². The highest BCUT2D eigenvalue weighted by Gasteiger charge is 2.21. The fraction of sp³-hybridized carbons (Fsp3) is 0.455. The molecule has 0 amide bonds. The molecule has 0 saturated heterocycles. The second-order valence-electron chi connectivity index (χ2n) is 4.10. The van der Waals surface area contributed by atoms with E-state index in [4.69, 9.17) is 4.74 Å². The summed E-state index contributed by atoms with van der Waals surface area (Å²) in [5.41, 5.74) is 0.0850. The minimum atomic E-state index is -3.69. The number of aromatic hydroxyl groups is 1. The highest BCUT2D eigenvalue weighted by atomic mass is 32.2. The van der Waals surface area contributed by atoms with Crippen molar-refractivity contribution in [3.05, 3.63) is 18.2 Å². The lowest BCUT2D eigenvalue weighted by Crippen LogP contribution is -2.37. The number of nitrogens with zero attached hydrogens (tertiary/aromatic N) is 1. The van der Waals surface area contributed by atoms with Crippen LogP contribution in [-0.4, -0.2) is 38.0 Å². The van der Waals surface area contributed by atoms with Gasteiger partial charge in [-0.2, -0.15) is 12.7 Å². The minimum Gasteiger partial charge on any atom is -0.506 e. The molecular weight excluding hydrogens is 256 g/mol. The van der Waals surface area contributed by atoms with Crippen LogP contribution in [-0.2, 0) is 10.2 Å². The van der Waals surface area contributed by atoms with E-state index in [9.17, 15) is 13.5 Å². The van der Waals surface area contributed by atoms with Crippen LogP contribution in [0.2, 0.25) is 0 Å². The van der Waals surface area contributed by atoms with Crippen LogP contribution >= 0.6 is 0 Å². The summed E-state index contributed by atoms with van der Waals surface area (Å²) in [6, 6.07) is 4.14. The summed E-state index contributed by atoms with van der Waals surface area (Å²) in [5, 5.41) is 9.61. The minimum absolute atomic E-state index is 0.0850. The van der Waals surface area contributed by atoms with Crippen molar-refractivity contribution in [3.8, 4) is 11.5 Å². The van der Waals surface area contributed by atoms with Crippen LogP contribution in [0, 0.1) is 0 Å². The number of nitrogens with one attached hydrogen (secondary N) is 1. The lowest BCUT2D eigenvalue weighted by atomic mass is 10.3. The average Bonchev–Trinajstić information content (AvgIpc) is 2.30. The molecule has 2 N–H and O–H groups in total. The van der Waals surface area contributed by atoms with Gasteiger partial charge in [0.25, 0.3) is 0 Å². The van der Waals surface area contributed by atoms with Crippen LogP contribution in [0.1, 0.15) is 13.8 Å². The van der Waals surface area contributed by atoms with Crippen molar-refractivity contribution < 1.29 is 18.3 Å². The molecule has 0 aliphatic heterocycles. The third-order valence-corrected chi connectivity index (χ3v) is 4.21. The zero-order chi connectivity index (χ0) is 13.9. The predicted molar refractivity (Wildman–Crippen MR) is 70.1 cm³/mol. The maximum Gasteiger partial charge on any atom is 0.301 e. The Kier molecular flexibility index (Phi) is 4.42. The highest BCUT2D eigenvalue weighted by Crippen LogP contribution is 2.29. The Morgan fingerprint density at radius 2 is 2.00 bits per heavy atom. The molecule has 0 fully saturated rings. The molecule has 0 spiro atoms. The molecular formula is C11H18N2O4S. The Morgan fingerprint density at radius 1 is 1.39 bits per heavy atom. The van der Waals surface area contributed by atoms with E-state index in [1.54, 1.807) is 19.9 Å². The van der Waals surface area contributed by atoms with Gasteiger partial charge in [0, 0.05) is 19.2 Å². The van der Waals surface area contributed by atoms with E-state index >= 15 is 0 Å². The highest BCUT2D eigenvalue weighted by molar-refractivity contribution is 7.90. The van der Waals surface area contributed by atoms with Gasteiger partial charge in [-0.25, -0.2) is 0 Å². The van der Waals surface area contributed by atoms with E-state index in [1.165, 1.54) is 30.6 Å². The Morgan fingerprint density at radius 3 is 2.50 bits per heavy atom. The third-order valence-electron chi connectivity index (χ3n) is 2.55. The predicted octanol–water partition coefficient (Wildman–Crippen LogP) is 1.40. The van der Waals surface area contributed by atoms with Crippen molar-refractivity contribution >= 4 is 15.9 Å². The van der Waals surface area contributed by atoms with E-state index in [1.807, 2.05) is 0 Å². The van der Waals surface area contributed by atoms with Crippen molar-refractivity contribution in [2.75, 3.05) is 18.9 Å². The van der Waals surface area contributed by atoms with Gasteiger partial charge in [0.1, 0.15) is 11.5 Å². The third kappa shape index (κ3) is 3.27. The van der Waals surface area contributed by atoms with E-state index in [-0.39, 0.29) is 17.5 Å². The molecule has 0 radical (unpaired) electrons. The van der Waals surface area contributed by atoms with Gasteiger partial charge in [-0.15, -0.1) is 0 Å². The summed E-state index contributed by atoms with van der Waals surface area (Å²) in [7, 11) is -0.767. The van der Waals surface area contributed by atoms with Gasteiger partial charge in [-0.05, 0) is 26.0 Å². The molecule has 102 valence electrons. The monoisotopic (exact) mass is 274 g/mol. The first-order valence-electron chi connectivity index (χ1n) is 5.40. The molecule has 1 aromatic carbocycles. The number of ether oxygens (including phenoxy) is 1. The van der Waals surface area contributed by atoms with Gasteiger partial charge in [0.05, 0.1) is 12.8 Å². The molecule has 18 heavy (non-hydrogen) atoms. The van der Waals surface area contributed by atoms with Crippen molar-refractivity contribution in [2.45, 2.75) is 19.9 Å². The first-order chi connectivity index (χ1) is 8.27. The maximum absolute atomic E-state index is 12.0. The van der Waals surface area contributed by atoms with Gasteiger partial charge >= 0.3 is 10.2 Å². The van der Waals surface area contributed by atoms with E-state index in [0.29, 0.717) is 5.75 Å². The Bertz CT molecular complexity index is 514. The number of hydrogen-bond donors (Lipinski definition) is 2. The topological polar surface area (TPSA) is 78.9 Å². The largest absolute Gasteiger partial charge is 0.506 e. The van der Waals surface area contributed by atoms with Crippen molar-refractivity contribution in [1.29, 1.82) is 0 Å². The number of phenolic OH excluding ortho intramolecular Hbond substituents is 1. The van der Waals surface area contributed by atoms with Crippen molar-refractivity contribution in [1.82, 2.24) is 4.31 Å². The van der Waals surface area contributed by atoms with E-state index < -0.39 is 10.2 Å². The van der Waals surface area contributed by atoms with Gasteiger partial charge in [-0.3, -0.25) is 4.72 Å². The van der Waals surface area contributed by atoms with Crippen molar-refractivity contribution in [2.24, 2.45) is 0 Å². The van der Waals surface area contributed by atoms with E-state index in [2.05, 4.69) is 4.72 Å². The summed E-state index contributed by atoms with van der Waals surface area (Å²) in [5.74, 6) is 0.300. The molecule has 0 aromatic heterocycles. The molecule has 0 atom stereocenters. The Balaban J connectivity index is 3.04. The first kappa shape index (κ1) is 14.6. The molecule has 7 heteroatoms. The lowest BCUT2D eigenvalue weighted by molar-refractivity contribution is 0.411. The fourth-order valence-corrected chi connectivity index (χ4v) is 2.35. The molecule has 6 nitrogen and oxygen atoms in total. The molecule has 0 unspecified atom stereocenters. The second kappa shape index (κ2) is 5.45. The number of benzene rings is 1. The van der Waals surface area contributed by atoms with Gasteiger partial charge < -0.3 is 9.84 Å². The summed E-state index contributed by atoms with van der Waals surface area (Å²) in [4.78, 5) is 0. The Hall–Kier alpha value is -1.47. The van der Waals surface area contributed by atoms with Crippen LogP contribution in [0.4, 0.5) is 5.69 Å². The standard InChI is InChI=1S/C11H18N2O4S/c1-8(2)13(3)18(15,16)12-10-7-9(17-4)5-6-11(10)14/h5-8,12,14H,1-4H3. The number of methoxy groups -OCH3 is 1. The van der Waals surface area contributed by atoms with Crippen LogP contribution in [0.15, 0.2) is 18.2 Å². The molecule has 0 heterocycles. The number of rotatable bonds is 5. The van der Waals surface area contributed by atoms with E-state index in [0.717, 1.165) is 0 Å². The summed E-state index contributed by atoms with van der Waals surface area (Å²) >= 11 is 0. The molecule has 0 aliphatic carbocycles. The van der Waals surface area contributed by atoms with Crippen LogP contribution in [0.5, 0.6) is 11.5 Å². The average molecular weight is 274 g/mol. The van der Waals surface area contributed by atoms with Crippen LogP contribution in [0.3, 0.4) is 0 Å². The SMILES string of the molecule is COc1ccc(O)c(NS(=O)(=O)N(C)C(C)C)c1. The number of phenols is 1. The quantitative estimate of drug-likeness (QED) is 0.795.